The molecule has 2 amide bonds. The van der Waals surface area contributed by atoms with Gasteiger partial charge in [-0.15, -0.1) is 0 Å². The van der Waals surface area contributed by atoms with Gasteiger partial charge < -0.3 is 10.2 Å². The molecule has 4 heteroatoms. The molecule has 0 heterocycles. The van der Waals surface area contributed by atoms with E-state index in [1.807, 2.05) is 24.3 Å². The van der Waals surface area contributed by atoms with Crippen LogP contribution < -0.4 is 5.32 Å². The maximum absolute atomic E-state index is 12.4. The van der Waals surface area contributed by atoms with Gasteiger partial charge in [0.15, 0.2) is 0 Å². The number of carbonyl (C=O) groups excluding carboxylic acids is 2. The van der Waals surface area contributed by atoms with Gasteiger partial charge in [-0.2, -0.15) is 0 Å². The number of hydrogen-bond donors (Lipinski definition) is 1. The molecule has 0 unspecified atom stereocenters. The molecule has 0 radical (unpaired) electrons. The van der Waals surface area contributed by atoms with Gasteiger partial charge in [0.25, 0.3) is 11.8 Å². The summed E-state index contributed by atoms with van der Waals surface area (Å²) in [7, 11) is 1.81. The number of aryl methyl sites for hydroxylation is 1. The van der Waals surface area contributed by atoms with Crippen LogP contribution in [0.1, 0.15) is 53.0 Å². The van der Waals surface area contributed by atoms with Crippen molar-refractivity contribution < 1.29 is 9.59 Å². The van der Waals surface area contributed by atoms with Crippen LogP contribution in [0.25, 0.3) is 0 Å². The monoisotopic (exact) mass is 338 g/mol. The minimum absolute atomic E-state index is 0.0169. The first-order chi connectivity index (χ1) is 12.1. The number of benzene rings is 2. The summed E-state index contributed by atoms with van der Waals surface area (Å²) < 4.78 is 0. The highest BCUT2D eigenvalue weighted by atomic mass is 16.2. The average Bonchev–Trinajstić information content (AvgIpc) is 2.66. The fourth-order valence-corrected chi connectivity index (χ4v) is 2.63. The summed E-state index contributed by atoms with van der Waals surface area (Å²) in [6.07, 6.45) is 2.89. The predicted molar refractivity (Wildman–Crippen MR) is 102 cm³/mol. The predicted octanol–water partition coefficient (Wildman–Crippen LogP) is 4.37. The highest BCUT2D eigenvalue weighted by Crippen LogP contribution is 2.17. The van der Waals surface area contributed by atoms with Crippen molar-refractivity contribution in [3.8, 4) is 0 Å². The summed E-state index contributed by atoms with van der Waals surface area (Å²) in [4.78, 5) is 26.5. The van der Waals surface area contributed by atoms with Crippen molar-refractivity contribution in [2.45, 2.75) is 33.1 Å². The quantitative estimate of drug-likeness (QED) is 0.815. The Hall–Kier alpha value is -2.62. The van der Waals surface area contributed by atoms with Crippen LogP contribution in [-0.2, 0) is 6.42 Å². The van der Waals surface area contributed by atoms with Crippen molar-refractivity contribution >= 4 is 17.5 Å². The number of amides is 2. The normalized spacial score (nSPS) is 10.4. The van der Waals surface area contributed by atoms with Crippen LogP contribution in [0.3, 0.4) is 0 Å². The summed E-state index contributed by atoms with van der Waals surface area (Å²) in [5.41, 5.74) is 3.07. The highest BCUT2D eigenvalue weighted by molar-refractivity contribution is 6.05. The van der Waals surface area contributed by atoms with Gasteiger partial charge in [0.2, 0.25) is 0 Å². The second-order valence-electron chi connectivity index (χ2n) is 6.12. The van der Waals surface area contributed by atoms with E-state index in [9.17, 15) is 9.59 Å². The standard InChI is InChI=1S/C21H26N2O2/c1-4-6-15-23(3)21(25)18-13-11-17(12-14-18)20(24)22-19-10-8-7-9-16(19)5-2/h7-14H,4-6,15H2,1-3H3,(H,22,24). The van der Waals surface area contributed by atoms with Crippen LogP contribution in [-0.4, -0.2) is 30.3 Å². The van der Waals surface area contributed by atoms with Crippen LogP contribution in [0.2, 0.25) is 0 Å². The fraction of sp³-hybridized carbons (Fsp3) is 0.333. The van der Waals surface area contributed by atoms with E-state index < -0.39 is 0 Å². The Morgan fingerprint density at radius 3 is 2.24 bits per heavy atom. The van der Waals surface area contributed by atoms with Gasteiger partial charge >= 0.3 is 0 Å². The molecular weight excluding hydrogens is 312 g/mol. The van der Waals surface area contributed by atoms with Crippen LogP contribution in [0.5, 0.6) is 0 Å². The van der Waals surface area contributed by atoms with E-state index in [4.69, 9.17) is 0 Å². The molecular formula is C21H26N2O2. The van der Waals surface area contributed by atoms with Gasteiger partial charge in [-0.1, -0.05) is 38.5 Å². The van der Waals surface area contributed by atoms with E-state index in [0.29, 0.717) is 11.1 Å². The zero-order valence-corrected chi connectivity index (χ0v) is 15.2. The van der Waals surface area contributed by atoms with Crippen molar-refractivity contribution in [2.75, 3.05) is 18.9 Å². The first-order valence-corrected chi connectivity index (χ1v) is 8.81. The molecule has 0 spiro atoms. The van der Waals surface area contributed by atoms with Gasteiger partial charge in [-0.25, -0.2) is 0 Å². The van der Waals surface area contributed by atoms with Gasteiger partial charge in [-0.3, -0.25) is 9.59 Å². The lowest BCUT2D eigenvalue weighted by Gasteiger charge is -2.17. The zero-order chi connectivity index (χ0) is 18.2. The molecule has 0 aliphatic heterocycles. The van der Waals surface area contributed by atoms with E-state index in [1.165, 1.54) is 0 Å². The molecule has 1 N–H and O–H groups in total. The van der Waals surface area contributed by atoms with Gasteiger partial charge in [0.1, 0.15) is 0 Å². The Kier molecular flexibility index (Phi) is 6.75. The molecule has 2 aromatic carbocycles. The maximum atomic E-state index is 12.4. The number of nitrogens with zero attached hydrogens (tertiary/aromatic N) is 1. The molecule has 0 fully saturated rings. The number of hydrogen-bond acceptors (Lipinski definition) is 2. The zero-order valence-electron chi connectivity index (χ0n) is 15.2. The van der Waals surface area contributed by atoms with Crippen molar-refractivity contribution in [3.05, 3.63) is 65.2 Å². The third kappa shape index (κ3) is 4.92. The molecule has 0 aromatic heterocycles. The minimum Gasteiger partial charge on any atom is -0.342 e. The molecule has 0 saturated heterocycles. The van der Waals surface area contributed by atoms with E-state index in [2.05, 4.69) is 19.2 Å². The van der Waals surface area contributed by atoms with E-state index >= 15 is 0 Å². The Morgan fingerprint density at radius 1 is 0.960 bits per heavy atom. The SMILES string of the molecule is CCCCN(C)C(=O)c1ccc(C(=O)Nc2ccccc2CC)cc1. The summed E-state index contributed by atoms with van der Waals surface area (Å²) in [5.74, 6) is -0.184. The summed E-state index contributed by atoms with van der Waals surface area (Å²) in [6.45, 7) is 4.90. The molecule has 0 atom stereocenters. The number of nitrogens with one attached hydrogen (secondary N) is 1. The summed E-state index contributed by atoms with van der Waals surface area (Å²) >= 11 is 0. The molecule has 0 aliphatic rings. The molecule has 0 bridgehead atoms. The topological polar surface area (TPSA) is 49.4 Å². The molecule has 2 rings (SSSR count). The summed E-state index contributed by atoms with van der Waals surface area (Å²) in [6, 6.07) is 14.6. The smallest absolute Gasteiger partial charge is 0.255 e. The Morgan fingerprint density at radius 2 is 1.60 bits per heavy atom. The number of para-hydroxylation sites is 1. The molecule has 0 saturated carbocycles. The fourth-order valence-electron chi connectivity index (χ4n) is 2.63. The highest BCUT2D eigenvalue weighted by Gasteiger charge is 2.13. The lowest BCUT2D eigenvalue weighted by Crippen LogP contribution is -2.27. The Balaban J connectivity index is 2.06. The second-order valence-corrected chi connectivity index (χ2v) is 6.12. The number of rotatable bonds is 7. The van der Waals surface area contributed by atoms with Crippen LogP contribution in [0.15, 0.2) is 48.5 Å². The average molecular weight is 338 g/mol. The van der Waals surface area contributed by atoms with Crippen molar-refractivity contribution in [1.29, 1.82) is 0 Å². The first kappa shape index (κ1) is 18.7. The van der Waals surface area contributed by atoms with Gasteiger partial charge in [0, 0.05) is 30.4 Å². The van der Waals surface area contributed by atoms with E-state index in [0.717, 1.165) is 37.1 Å². The van der Waals surface area contributed by atoms with Crippen LogP contribution in [0, 0.1) is 0 Å². The Bertz CT molecular complexity index is 723. The van der Waals surface area contributed by atoms with E-state index in [1.54, 1.807) is 36.2 Å². The van der Waals surface area contributed by atoms with Crippen LogP contribution in [0.4, 0.5) is 5.69 Å². The third-order valence-corrected chi connectivity index (χ3v) is 4.23. The van der Waals surface area contributed by atoms with Crippen LogP contribution >= 0.6 is 0 Å². The maximum Gasteiger partial charge on any atom is 0.255 e. The summed E-state index contributed by atoms with van der Waals surface area (Å²) in [5, 5.41) is 2.94. The Labute approximate surface area is 149 Å². The number of unbranched alkanes of at least 4 members (excludes halogenated alkanes) is 1. The second kappa shape index (κ2) is 9.02. The van der Waals surface area contributed by atoms with Crippen molar-refractivity contribution in [2.24, 2.45) is 0 Å². The molecule has 4 nitrogen and oxygen atoms in total. The molecule has 2 aromatic rings. The third-order valence-electron chi connectivity index (χ3n) is 4.23. The number of carbonyl (C=O) groups is 2. The van der Waals surface area contributed by atoms with Crippen molar-refractivity contribution in [3.63, 3.8) is 0 Å². The van der Waals surface area contributed by atoms with Gasteiger partial charge in [-0.05, 0) is 48.7 Å². The minimum atomic E-state index is -0.167. The van der Waals surface area contributed by atoms with Crippen molar-refractivity contribution in [1.82, 2.24) is 4.90 Å². The molecule has 0 aliphatic carbocycles. The lowest BCUT2D eigenvalue weighted by molar-refractivity contribution is 0.0792. The molecule has 25 heavy (non-hydrogen) atoms. The first-order valence-electron chi connectivity index (χ1n) is 8.81. The van der Waals surface area contributed by atoms with Gasteiger partial charge in [0.05, 0.1) is 0 Å². The largest absolute Gasteiger partial charge is 0.342 e. The number of anilines is 1. The van der Waals surface area contributed by atoms with E-state index in [-0.39, 0.29) is 11.8 Å². The molecule has 132 valence electrons. The lowest BCUT2D eigenvalue weighted by atomic mass is 10.1.